The summed E-state index contributed by atoms with van der Waals surface area (Å²) >= 11 is 0. The molecule has 1 fully saturated rings. The first-order valence-electron chi connectivity index (χ1n) is 8.52. The van der Waals surface area contributed by atoms with E-state index in [0.717, 1.165) is 55.4 Å². The lowest BCUT2D eigenvalue weighted by Crippen LogP contribution is -2.46. The molecule has 0 radical (unpaired) electrons. The third-order valence-corrected chi connectivity index (χ3v) is 4.62. The van der Waals surface area contributed by atoms with E-state index >= 15 is 0 Å². The van der Waals surface area contributed by atoms with Crippen LogP contribution in [0.1, 0.15) is 11.5 Å². The van der Waals surface area contributed by atoms with E-state index < -0.39 is 5.82 Å². The quantitative estimate of drug-likeness (QED) is 0.710. The SMILES string of the molecule is COc1cc2c(N3CCN(Cc4cc(C)on4)CC3)ncnc2cc1F. The number of halogens is 1. The molecule has 1 saturated heterocycles. The number of nitrogens with zero attached hydrogens (tertiary/aromatic N) is 5. The summed E-state index contributed by atoms with van der Waals surface area (Å²) in [5.74, 6) is 1.42. The van der Waals surface area contributed by atoms with Crippen LogP contribution in [-0.2, 0) is 6.54 Å². The molecule has 0 bridgehead atoms. The van der Waals surface area contributed by atoms with Gasteiger partial charge in [-0.1, -0.05) is 5.16 Å². The van der Waals surface area contributed by atoms with Crippen molar-refractivity contribution in [3.05, 3.63) is 41.8 Å². The molecule has 0 unspecified atom stereocenters. The topological polar surface area (TPSA) is 67.5 Å². The number of methoxy groups -OCH3 is 1. The van der Waals surface area contributed by atoms with Gasteiger partial charge in [-0.3, -0.25) is 4.90 Å². The zero-order valence-corrected chi connectivity index (χ0v) is 14.8. The van der Waals surface area contributed by atoms with Crippen molar-refractivity contribution in [1.29, 1.82) is 0 Å². The van der Waals surface area contributed by atoms with Crippen molar-refractivity contribution in [2.45, 2.75) is 13.5 Å². The minimum Gasteiger partial charge on any atom is -0.494 e. The van der Waals surface area contributed by atoms with Gasteiger partial charge >= 0.3 is 0 Å². The van der Waals surface area contributed by atoms with Gasteiger partial charge in [0, 0.05) is 50.2 Å². The van der Waals surface area contributed by atoms with Crippen LogP contribution >= 0.6 is 0 Å². The molecule has 0 atom stereocenters. The molecule has 0 aliphatic carbocycles. The van der Waals surface area contributed by atoms with Crippen LogP contribution in [0, 0.1) is 12.7 Å². The summed E-state index contributed by atoms with van der Waals surface area (Å²) in [7, 11) is 1.46. The molecule has 136 valence electrons. The first-order chi connectivity index (χ1) is 12.6. The molecule has 8 heteroatoms. The van der Waals surface area contributed by atoms with E-state index in [4.69, 9.17) is 9.26 Å². The fraction of sp³-hybridized carbons (Fsp3) is 0.389. The van der Waals surface area contributed by atoms with Gasteiger partial charge in [0.25, 0.3) is 0 Å². The van der Waals surface area contributed by atoms with Crippen molar-refractivity contribution >= 4 is 16.7 Å². The second-order valence-corrected chi connectivity index (χ2v) is 6.39. The van der Waals surface area contributed by atoms with Crippen LogP contribution in [0.25, 0.3) is 10.9 Å². The molecule has 1 aromatic carbocycles. The van der Waals surface area contributed by atoms with E-state index in [0.29, 0.717) is 5.52 Å². The number of piperazine rings is 1. The molecule has 3 heterocycles. The molecule has 0 spiro atoms. The Kier molecular flexibility index (Phi) is 4.42. The maximum atomic E-state index is 13.9. The number of aromatic nitrogens is 3. The summed E-state index contributed by atoms with van der Waals surface area (Å²) in [6.45, 7) is 6.08. The normalized spacial score (nSPS) is 15.6. The summed E-state index contributed by atoms with van der Waals surface area (Å²) in [6, 6.07) is 5.03. The number of hydrogen-bond donors (Lipinski definition) is 0. The Morgan fingerprint density at radius 3 is 2.65 bits per heavy atom. The van der Waals surface area contributed by atoms with E-state index in [1.54, 1.807) is 6.07 Å². The Morgan fingerprint density at radius 1 is 1.15 bits per heavy atom. The minimum atomic E-state index is -0.419. The lowest BCUT2D eigenvalue weighted by Gasteiger charge is -2.35. The van der Waals surface area contributed by atoms with Crippen molar-refractivity contribution in [2.24, 2.45) is 0 Å². The van der Waals surface area contributed by atoms with Crippen LogP contribution in [0.3, 0.4) is 0 Å². The standard InChI is InChI=1S/C18H20FN5O2/c1-12-7-13(22-26-12)10-23-3-5-24(6-4-23)18-14-8-17(25-2)15(19)9-16(14)20-11-21-18/h7-9,11H,3-6,10H2,1-2H3. The highest BCUT2D eigenvalue weighted by atomic mass is 19.1. The maximum Gasteiger partial charge on any atom is 0.167 e. The molecule has 26 heavy (non-hydrogen) atoms. The Morgan fingerprint density at radius 2 is 1.96 bits per heavy atom. The highest BCUT2D eigenvalue weighted by Gasteiger charge is 2.21. The average Bonchev–Trinajstić information content (AvgIpc) is 3.06. The van der Waals surface area contributed by atoms with Gasteiger partial charge in [0.15, 0.2) is 11.6 Å². The van der Waals surface area contributed by atoms with E-state index in [2.05, 4.69) is 24.9 Å². The second-order valence-electron chi connectivity index (χ2n) is 6.39. The van der Waals surface area contributed by atoms with E-state index in [-0.39, 0.29) is 5.75 Å². The highest BCUT2D eigenvalue weighted by Crippen LogP contribution is 2.29. The molecule has 1 aliphatic heterocycles. The van der Waals surface area contributed by atoms with Crippen LogP contribution in [-0.4, -0.2) is 53.3 Å². The van der Waals surface area contributed by atoms with Gasteiger partial charge in [0.1, 0.15) is 17.9 Å². The molecule has 0 amide bonds. The van der Waals surface area contributed by atoms with Crippen LogP contribution in [0.2, 0.25) is 0 Å². The predicted octanol–water partition coefficient (Wildman–Crippen LogP) is 2.40. The smallest absolute Gasteiger partial charge is 0.167 e. The largest absolute Gasteiger partial charge is 0.494 e. The number of hydrogen-bond acceptors (Lipinski definition) is 7. The highest BCUT2D eigenvalue weighted by molar-refractivity contribution is 5.90. The Balaban J connectivity index is 1.52. The Hall–Kier alpha value is -2.74. The van der Waals surface area contributed by atoms with Crippen molar-refractivity contribution in [3.63, 3.8) is 0 Å². The van der Waals surface area contributed by atoms with Gasteiger partial charge in [-0.15, -0.1) is 0 Å². The zero-order chi connectivity index (χ0) is 18.1. The number of anilines is 1. The molecular weight excluding hydrogens is 337 g/mol. The van der Waals surface area contributed by atoms with Gasteiger partial charge < -0.3 is 14.2 Å². The van der Waals surface area contributed by atoms with Gasteiger partial charge in [-0.25, -0.2) is 14.4 Å². The fourth-order valence-electron chi connectivity index (χ4n) is 3.29. The van der Waals surface area contributed by atoms with Crippen LogP contribution in [0.4, 0.5) is 10.2 Å². The number of aryl methyl sites for hydroxylation is 1. The molecule has 1 aliphatic rings. The van der Waals surface area contributed by atoms with Gasteiger partial charge in [0.05, 0.1) is 18.3 Å². The Labute approximate surface area is 150 Å². The molecule has 0 saturated carbocycles. The first-order valence-corrected chi connectivity index (χ1v) is 8.52. The van der Waals surface area contributed by atoms with Crippen molar-refractivity contribution in [2.75, 3.05) is 38.2 Å². The lowest BCUT2D eigenvalue weighted by atomic mass is 10.2. The third-order valence-electron chi connectivity index (χ3n) is 4.62. The summed E-state index contributed by atoms with van der Waals surface area (Å²) < 4.78 is 24.2. The lowest BCUT2D eigenvalue weighted by molar-refractivity contribution is 0.241. The van der Waals surface area contributed by atoms with E-state index in [1.807, 2.05) is 13.0 Å². The summed E-state index contributed by atoms with van der Waals surface area (Å²) in [6.07, 6.45) is 1.48. The molecule has 4 rings (SSSR count). The first kappa shape index (κ1) is 16.7. The van der Waals surface area contributed by atoms with Crippen LogP contribution in [0.5, 0.6) is 5.75 Å². The zero-order valence-electron chi connectivity index (χ0n) is 14.8. The van der Waals surface area contributed by atoms with Crippen molar-refractivity contribution in [3.8, 4) is 5.75 Å². The molecule has 7 nitrogen and oxygen atoms in total. The number of fused-ring (bicyclic) bond motifs is 1. The fourth-order valence-corrected chi connectivity index (χ4v) is 3.29. The van der Waals surface area contributed by atoms with Crippen LogP contribution in [0.15, 0.2) is 29.0 Å². The molecular formula is C18H20FN5O2. The maximum absolute atomic E-state index is 13.9. The van der Waals surface area contributed by atoms with E-state index in [9.17, 15) is 4.39 Å². The van der Waals surface area contributed by atoms with Crippen molar-refractivity contribution in [1.82, 2.24) is 20.0 Å². The second kappa shape index (κ2) is 6.87. The molecule has 2 aromatic heterocycles. The summed E-state index contributed by atoms with van der Waals surface area (Å²) in [4.78, 5) is 13.2. The van der Waals surface area contributed by atoms with Gasteiger partial charge in [0.2, 0.25) is 0 Å². The van der Waals surface area contributed by atoms with E-state index in [1.165, 1.54) is 19.5 Å². The minimum absolute atomic E-state index is 0.202. The summed E-state index contributed by atoms with van der Waals surface area (Å²) in [5.41, 5.74) is 1.53. The average molecular weight is 357 g/mol. The number of benzene rings is 1. The van der Waals surface area contributed by atoms with Crippen molar-refractivity contribution < 1.29 is 13.7 Å². The summed E-state index contributed by atoms with van der Waals surface area (Å²) in [5, 5.41) is 4.85. The monoisotopic (exact) mass is 357 g/mol. The molecule has 3 aromatic rings. The molecule has 0 N–H and O–H groups in total. The predicted molar refractivity (Wildman–Crippen MR) is 94.8 cm³/mol. The van der Waals surface area contributed by atoms with Gasteiger partial charge in [-0.05, 0) is 13.0 Å². The Bertz CT molecular complexity index is 921. The van der Waals surface area contributed by atoms with Gasteiger partial charge in [-0.2, -0.15) is 0 Å². The van der Waals surface area contributed by atoms with Crippen LogP contribution < -0.4 is 9.64 Å². The third kappa shape index (κ3) is 3.20. The number of rotatable bonds is 4. The number of ether oxygens (including phenoxy) is 1.